The molecule has 94 valence electrons. The molecule has 0 saturated carbocycles. The molecule has 5 nitrogen and oxygen atoms in total. The first-order valence-corrected chi connectivity index (χ1v) is 6.76. The van der Waals surface area contributed by atoms with Gasteiger partial charge in [0.15, 0.2) is 4.95 Å². The summed E-state index contributed by atoms with van der Waals surface area (Å²) in [5.74, 6) is 0.706. The zero-order valence-corrected chi connectivity index (χ0v) is 11.1. The van der Waals surface area contributed by atoms with Crippen molar-refractivity contribution in [2.45, 2.75) is 24.2 Å². The average Bonchev–Trinajstić information content (AvgIpc) is 2.36. The molecule has 6 heteroatoms. The molecule has 1 fully saturated rings. The number of halogens is 1. The lowest BCUT2D eigenvalue weighted by molar-refractivity contribution is -0.133. The van der Waals surface area contributed by atoms with Gasteiger partial charge in [-0.25, -0.2) is 0 Å². The van der Waals surface area contributed by atoms with Crippen molar-refractivity contribution in [3.05, 3.63) is 12.0 Å². The van der Waals surface area contributed by atoms with Crippen LogP contribution in [0, 0.1) is 0 Å². The van der Waals surface area contributed by atoms with Crippen LogP contribution in [0.25, 0.3) is 0 Å². The molecule has 0 bridgehead atoms. The van der Waals surface area contributed by atoms with Crippen LogP contribution in [0.4, 0.5) is 0 Å². The number of likely N-dealkylation sites (tertiary alicyclic amines) is 1. The first-order chi connectivity index (χ1) is 8.24. The summed E-state index contributed by atoms with van der Waals surface area (Å²) in [7, 11) is 0. The minimum atomic E-state index is -0.434. The third kappa shape index (κ3) is 2.62. The molecule has 2 rings (SSSR count). The van der Waals surface area contributed by atoms with E-state index in [1.807, 2.05) is 6.20 Å². The highest BCUT2D eigenvalue weighted by molar-refractivity contribution is 9.10. The predicted molar refractivity (Wildman–Crippen MR) is 67.1 cm³/mol. The van der Waals surface area contributed by atoms with Gasteiger partial charge in [-0.15, -0.1) is 0 Å². The van der Waals surface area contributed by atoms with Crippen molar-refractivity contribution in [3.8, 4) is 0 Å². The van der Waals surface area contributed by atoms with Crippen molar-refractivity contribution in [2.24, 2.45) is 0 Å². The Hall–Kier alpha value is -1.04. The standard InChI is InChI=1S/C11H16BrN3O2/c12-10-11(17)15(6-7-16)9(8-13-10)14-4-2-1-3-5-14/h7-8,10,13H,1-6H2. The zero-order valence-electron chi connectivity index (χ0n) is 9.56. The molecule has 1 saturated heterocycles. The lowest BCUT2D eigenvalue weighted by atomic mass is 10.1. The second-order valence-corrected chi connectivity index (χ2v) is 5.11. The fourth-order valence-corrected chi connectivity index (χ4v) is 2.57. The largest absolute Gasteiger partial charge is 0.368 e. The number of piperidine rings is 1. The Morgan fingerprint density at radius 2 is 2.12 bits per heavy atom. The van der Waals surface area contributed by atoms with Crippen molar-refractivity contribution in [1.82, 2.24) is 15.1 Å². The summed E-state index contributed by atoms with van der Waals surface area (Å²) in [6.45, 7) is 2.01. The highest BCUT2D eigenvalue weighted by Gasteiger charge is 2.31. The molecule has 0 aromatic rings. The van der Waals surface area contributed by atoms with Crippen LogP contribution in [-0.4, -0.2) is 46.6 Å². The van der Waals surface area contributed by atoms with Crippen molar-refractivity contribution < 1.29 is 9.59 Å². The summed E-state index contributed by atoms with van der Waals surface area (Å²) in [5.41, 5.74) is 0. The van der Waals surface area contributed by atoms with Crippen LogP contribution in [0.2, 0.25) is 0 Å². The maximum absolute atomic E-state index is 12.0. The Morgan fingerprint density at radius 1 is 1.41 bits per heavy atom. The third-order valence-corrected chi connectivity index (χ3v) is 3.71. The van der Waals surface area contributed by atoms with Crippen molar-refractivity contribution in [1.29, 1.82) is 0 Å². The van der Waals surface area contributed by atoms with Crippen molar-refractivity contribution in [3.63, 3.8) is 0 Å². The van der Waals surface area contributed by atoms with Gasteiger partial charge in [0, 0.05) is 19.3 Å². The van der Waals surface area contributed by atoms with Crippen LogP contribution in [-0.2, 0) is 9.59 Å². The van der Waals surface area contributed by atoms with Gasteiger partial charge in [-0.05, 0) is 19.3 Å². The molecular weight excluding hydrogens is 286 g/mol. The number of nitrogens with zero attached hydrogens (tertiary/aromatic N) is 2. The number of nitrogens with one attached hydrogen (secondary N) is 1. The SMILES string of the molecule is O=CCN1C(=O)C(Br)NC=C1N1CCCCC1. The number of hydrogen-bond acceptors (Lipinski definition) is 4. The quantitative estimate of drug-likeness (QED) is 0.472. The maximum Gasteiger partial charge on any atom is 0.262 e. The topological polar surface area (TPSA) is 52.7 Å². The Kier molecular flexibility index (Phi) is 4.04. The summed E-state index contributed by atoms with van der Waals surface area (Å²) in [4.78, 5) is 25.9. The molecule has 0 aromatic carbocycles. The second kappa shape index (κ2) is 5.53. The molecule has 1 unspecified atom stereocenters. The van der Waals surface area contributed by atoms with E-state index in [0.29, 0.717) is 0 Å². The van der Waals surface area contributed by atoms with Crippen LogP contribution in [0.3, 0.4) is 0 Å². The Morgan fingerprint density at radius 3 is 2.76 bits per heavy atom. The predicted octanol–water partition coefficient (Wildman–Crippen LogP) is 0.623. The average molecular weight is 302 g/mol. The van der Waals surface area contributed by atoms with Crippen molar-refractivity contribution in [2.75, 3.05) is 19.6 Å². The fraction of sp³-hybridized carbons (Fsp3) is 0.636. The van der Waals surface area contributed by atoms with Gasteiger partial charge in [-0.1, -0.05) is 15.9 Å². The molecular formula is C11H16BrN3O2. The minimum absolute atomic E-state index is 0.111. The number of rotatable bonds is 3. The van der Waals surface area contributed by atoms with Gasteiger partial charge in [-0.3, -0.25) is 9.69 Å². The number of aldehydes is 1. The highest BCUT2D eigenvalue weighted by Crippen LogP contribution is 2.21. The number of amides is 1. The van der Waals surface area contributed by atoms with E-state index < -0.39 is 4.95 Å². The number of hydrogen-bond donors (Lipinski definition) is 1. The zero-order chi connectivity index (χ0) is 12.3. The smallest absolute Gasteiger partial charge is 0.262 e. The van der Waals surface area contributed by atoms with Gasteiger partial charge >= 0.3 is 0 Å². The lowest BCUT2D eigenvalue weighted by Gasteiger charge is -2.39. The van der Waals surface area contributed by atoms with E-state index in [1.165, 1.54) is 11.3 Å². The van der Waals surface area contributed by atoms with E-state index in [2.05, 4.69) is 26.1 Å². The Balaban J connectivity index is 2.16. The van der Waals surface area contributed by atoms with E-state index in [0.717, 1.165) is 38.0 Å². The monoisotopic (exact) mass is 301 g/mol. The molecule has 2 heterocycles. The number of alkyl halides is 1. The fourth-order valence-electron chi connectivity index (χ4n) is 2.19. The molecule has 2 aliphatic rings. The molecule has 1 atom stereocenters. The van der Waals surface area contributed by atoms with Gasteiger partial charge in [0.1, 0.15) is 12.1 Å². The third-order valence-electron chi connectivity index (χ3n) is 3.06. The Labute approximate surface area is 109 Å². The van der Waals surface area contributed by atoms with Crippen LogP contribution < -0.4 is 5.32 Å². The van der Waals surface area contributed by atoms with Gasteiger partial charge < -0.3 is 15.0 Å². The normalized spacial score (nSPS) is 25.4. The molecule has 0 aromatic heterocycles. The molecule has 0 radical (unpaired) electrons. The Bertz CT molecular complexity index is 340. The summed E-state index contributed by atoms with van der Waals surface area (Å²) in [5, 5.41) is 2.97. The molecule has 17 heavy (non-hydrogen) atoms. The van der Waals surface area contributed by atoms with Crippen LogP contribution in [0.5, 0.6) is 0 Å². The van der Waals surface area contributed by atoms with Gasteiger partial charge in [0.05, 0.1) is 6.54 Å². The molecule has 1 N–H and O–H groups in total. The molecule has 1 amide bonds. The van der Waals surface area contributed by atoms with E-state index in [1.54, 1.807) is 0 Å². The van der Waals surface area contributed by atoms with E-state index in [4.69, 9.17) is 0 Å². The number of carbonyl (C=O) groups is 2. The van der Waals surface area contributed by atoms with Gasteiger partial charge in [0.25, 0.3) is 5.91 Å². The minimum Gasteiger partial charge on any atom is -0.368 e. The van der Waals surface area contributed by atoms with Gasteiger partial charge in [0.2, 0.25) is 0 Å². The lowest BCUT2D eigenvalue weighted by Crippen LogP contribution is -2.51. The van der Waals surface area contributed by atoms with E-state index in [9.17, 15) is 9.59 Å². The molecule has 0 aliphatic carbocycles. The maximum atomic E-state index is 12.0. The molecule has 0 spiro atoms. The van der Waals surface area contributed by atoms with E-state index >= 15 is 0 Å². The van der Waals surface area contributed by atoms with Gasteiger partial charge in [-0.2, -0.15) is 0 Å². The second-order valence-electron chi connectivity index (χ2n) is 4.19. The summed E-state index contributed by atoms with van der Waals surface area (Å²) in [6, 6.07) is 0. The van der Waals surface area contributed by atoms with Crippen LogP contribution >= 0.6 is 15.9 Å². The van der Waals surface area contributed by atoms with Crippen LogP contribution in [0.15, 0.2) is 12.0 Å². The number of carbonyl (C=O) groups excluding carboxylic acids is 2. The van der Waals surface area contributed by atoms with Crippen LogP contribution in [0.1, 0.15) is 19.3 Å². The summed E-state index contributed by atoms with van der Waals surface area (Å²) >= 11 is 3.23. The molecule has 2 aliphatic heterocycles. The van der Waals surface area contributed by atoms with E-state index in [-0.39, 0.29) is 12.5 Å². The summed E-state index contributed by atoms with van der Waals surface area (Å²) < 4.78 is 0. The first-order valence-electron chi connectivity index (χ1n) is 5.84. The summed E-state index contributed by atoms with van der Waals surface area (Å²) in [6.07, 6.45) is 6.09. The van der Waals surface area contributed by atoms with Crippen molar-refractivity contribution >= 4 is 28.1 Å². The first kappa shape index (κ1) is 12.4. The highest BCUT2D eigenvalue weighted by atomic mass is 79.9.